The van der Waals surface area contributed by atoms with E-state index in [4.69, 9.17) is 0 Å². The van der Waals surface area contributed by atoms with Crippen molar-refractivity contribution in [2.75, 3.05) is 0 Å². The largest absolute Gasteiger partial charge is 0.0651 e. The zero-order chi connectivity index (χ0) is 10.6. The van der Waals surface area contributed by atoms with Gasteiger partial charge in [-0.15, -0.1) is 0 Å². The van der Waals surface area contributed by atoms with Crippen LogP contribution in [0.3, 0.4) is 0 Å². The predicted octanol–water partition coefficient (Wildman–Crippen LogP) is 4.60. The number of hydrogen-bond donors (Lipinski definition) is 0. The van der Waals surface area contributed by atoms with Gasteiger partial charge in [-0.1, -0.05) is 54.9 Å². The van der Waals surface area contributed by atoms with E-state index in [0.29, 0.717) is 0 Å². The third-order valence-electron chi connectivity index (χ3n) is 3.36. The van der Waals surface area contributed by atoms with Gasteiger partial charge < -0.3 is 0 Å². The highest BCUT2D eigenvalue weighted by Gasteiger charge is 2.27. The van der Waals surface area contributed by atoms with E-state index in [9.17, 15) is 0 Å². The second kappa shape index (κ2) is 5.67. The minimum absolute atomic E-state index is 0.826. The lowest BCUT2D eigenvalue weighted by Gasteiger charge is -2.35. The van der Waals surface area contributed by atoms with Crippen molar-refractivity contribution in [1.82, 2.24) is 0 Å². The zero-order valence-corrected chi connectivity index (χ0v) is 10.6. The maximum atomic E-state index is 2.37. The van der Waals surface area contributed by atoms with Crippen LogP contribution in [-0.4, -0.2) is 0 Å². The quantitative estimate of drug-likeness (QED) is 0.586. The Balaban J connectivity index is 4.49. The van der Waals surface area contributed by atoms with Gasteiger partial charge in [0.25, 0.3) is 0 Å². The van der Waals surface area contributed by atoms with Crippen molar-refractivity contribution in [2.45, 2.75) is 54.9 Å². The molecular formula is C13H28. The Morgan fingerprint density at radius 3 is 1.15 bits per heavy atom. The fourth-order valence-corrected chi connectivity index (χ4v) is 2.95. The third-order valence-corrected chi connectivity index (χ3v) is 3.36. The lowest BCUT2D eigenvalue weighted by atomic mass is 9.70. The Morgan fingerprint density at radius 1 is 0.692 bits per heavy atom. The van der Waals surface area contributed by atoms with Crippen LogP contribution < -0.4 is 0 Å². The Hall–Kier alpha value is 0. The second-order valence-electron chi connectivity index (χ2n) is 5.38. The highest BCUT2D eigenvalue weighted by Crippen LogP contribution is 2.35. The number of hydrogen-bond acceptors (Lipinski definition) is 0. The van der Waals surface area contributed by atoms with Crippen molar-refractivity contribution in [3.8, 4) is 0 Å². The highest BCUT2D eigenvalue weighted by atomic mass is 14.3. The minimum atomic E-state index is 0.826. The highest BCUT2D eigenvalue weighted by molar-refractivity contribution is 4.76. The summed E-state index contributed by atoms with van der Waals surface area (Å²) >= 11 is 0. The van der Waals surface area contributed by atoms with Crippen LogP contribution in [0.15, 0.2) is 0 Å². The summed E-state index contributed by atoms with van der Waals surface area (Å²) in [5, 5.41) is 0. The molecule has 0 heterocycles. The first-order valence-corrected chi connectivity index (χ1v) is 5.91. The predicted molar refractivity (Wildman–Crippen MR) is 61.8 cm³/mol. The fraction of sp³-hybridized carbons (Fsp3) is 1.00. The first-order chi connectivity index (χ1) is 5.91. The Kier molecular flexibility index (Phi) is 5.67. The van der Waals surface area contributed by atoms with Gasteiger partial charge in [0.15, 0.2) is 0 Å². The molecule has 0 aliphatic rings. The maximum absolute atomic E-state index is 2.37. The van der Waals surface area contributed by atoms with Crippen molar-refractivity contribution >= 4 is 0 Å². The Labute approximate surface area is 85.1 Å². The van der Waals surface area contributed by atoms with Crippen LogP contribution in [0.4, 0.5) is 0 Å². The molecule has 0 N–H and O–H groups in total. The van der Waals surface area contributed by atoms with Crippen molar-refractivity contribution in [2.24, 2.45) is 29.6 Å². The molecule has 80 valence electrons. The molecule has 0 fully saturated rings. The van der Waals surface area contributed by atoms with E-state index in [2.05, 4.69) is 48.5 Å². The summed E-state index contributed by atoms with van der Waals surface area (Å²) in [6, 6.07) is 0. The molecule has 0 aromatic heterocycles. The molecule has 0 aliphatic heterocycles. The molecule has 0 nitrogen and oxygen atoms in total. The van der Waals surface area contributed by atoms with Crippen LogP contribution in [0.5, 0.6) is 0 Å². The van der Waals surface area contributed by atoms with Gasteiger partial charge >= 0.3 is 0 Å². The van der Waals surface area contributed by atoms with Crippen LogP contribution in [0, 0.1) is 29.6 Å². The topological polar surface area (TPSA) is 0 Å². The normalized spacial score (nSPS) is 15.0. The van der Waals surface area contributed by atoms with E-state index in [0.717, 1.165) is 29.6 Å². The van der Waals surface area contributed by atoms with Crippen molar-refractivity contribution in [3.05, 3.63) is 0 Å². The average molecular weight is 184 g/mol. The van der Waals surface area contributed by atoms with E-state index in [1.165, 1.54) is 6.42 Å². The summed E-state index contributed by atoms with van der Waals surface area (Å²) in [6.45, 7) is 16.6. The molecule has 0 bridgehead atoms. The Morgan fingerprint density at radius 2 is 1.08 bits per heavy atom. The molecule has 0 amide bonds. The molecular weight excluding hydrogens is 156 g/mol. The summed E-state index contributed by atoms with van der Waals surface area (Å²) in [5.74, 6) is 4.28. The first-order valence-electron chi connectivity index (χ1n) is 5.91. The first kappa shape index (κ1) is 13.0. The summed E-state index contributed by atoms with van der Waals surface area (Å²) in [5.41, 5.74) is 0. The SMILES string of the molecule is CCC(C(C)C)C(C(C)C)C(C)C. The maximum Gasteiger partial charge on any atom is -0.0337 e. The van der Waals surface area contributed by atoms with Crippen molar-refractivity contribution in [3.63, 3.8) is 0 Å². The van der Waals surface area contributed by atoms with Gasteiger partial charge in [-0.2, -0.15) is 0 Å². The van der Waals surface area contributed by atoms with Crippen molar-refractivity contribution < 1.29 is 0 Å². The molecule has 0 radical (unpaired) electrons. The van der Waals surface area contributed by atoms with Crippen LogP contribution in [0.25, 0.3) is 0 Å². The van der Waals surface area contributed by atoms with E-state index >= 15 is 0 Å². The third kappa shape index (κ3) is 3.70. The molecule has 0 aromatic rings. The fourth-order valence-electron chi connectivity index (χ4n) is 2.95. The monoisotopic (exact) mass is 184 g/mol. The molecule has 0 heteroatoms. The molecule has 1 unspecified atom stereocenters. The molecule has 0 saturated carbocycles. The van der Waals surface area contributed by atoms with Gasteiger partial charge in [-0.3, -0.25) is 0 Å². The lowest BCUT2D eigenvalue weighted by molar-refractivity contribution is 0.139. The van der Waals surface area contributed by atoms with E-state index in [1.54, 1.807) is 0 Å². The van der Waals surface area contributed by atoms with Gasteiger partial charge in [0.05, 0.1) is 0 Å². The Bertz CT molecular complexity index is 114. The molecule has 1 atom stereocenters. The lowest BCUT2D eigenvalue weighted by Crippen LogP contribution is -2.28. The molecule has 13 heavy (non-hydrogen) atoms. The number of rotatable bonds is 5. The smallest absolute Gasteiger partial charge is 0.0337 e. The summed E-state index contributed by atoms with van der Waals surface area (Å²) < 4.78 is 0. The van der Waals surface area contributed by atoms with Gasteiger partial charge in [-0.25, -0.2) is 0 Å². The summed E-state index contributed by atoms with van der Waals surface area (Å²) in [7, 11) is 0. The molecule has 0 spiro atoms. The van der Waals surface area contributed by atoms with Crippen LogP contribution in [-0.2, 0) is 0 Å². The van der Waals surface area contributed by atoms with Gasteiger partial charge in [0.2, 0.25) is 0 Å². The standard InChI is InChI=1S/C13H28/c1-8-12(9(2)3)13(10(4)5)11(6)7/h9-13H,8H2,1-7H3. The van der Waals surface area contributed by atoms with Crippen molar-refractivity contribution in [1.29, 1.82) is 0 Å². The van der Waals surface area contributed by atoms with Crippen LogP contribution >= 0.6 is 0 Å². The van der Waals surface area contributed by atoms with Gasteiger partial charge in [0.1, 0.15) is 0 Å². The van der Waals surface area contributed by atoms with Gasteiger partial charge in [-0.05, 0) is 29.6 Å². The van der Waals surface area contributed by atoms with Crippen LogP contribution in [0.2, 0.25) is 0 Å². The van der Waals surface area contributed by atoms with E-state index in [-0.39, 0.29) is 0 Å². The van der Waals surface area contributed by atoms with Crippen LogP contribution in [0.1, 0.15) is 54.9 Å². The summed E-state index contributed by atoms with van der Waals surface area (Å²) in [6.07, 6.45) is 1.33. The minimum Gasteiger partial charge on any atom is -0.0651 e. The molecule has 0 aliphatic carbocycles. The molecule has 0 rings (SSSR count). The molecule has 0 aromatic carbocycles. The van der Waals surface area contributed by atoms with E-state index < -0.39 is 0 Å². The summed E-state index contributed by atoms with van der Waals surface area (Å²) in [4.78, 5) is 0. The zero-order valence-electron chi connectivity index (χ0n) is 10.6. The molecule has 0 saturated heterocycles. The second-order valence-corrected chi connectivity index (χ2v) is 5.38. The van der Waals surface area contributed by atoms with Gasteiger partial charge in [0, 0.05) is 0 Å². The average Bonchev–Trinajstić information content (AvgIpc) is 1.97. The van der Waals surface area contributed by atoms with E-state index in [1.807, 2.05) is 0 Å².